The van der Waals surface area contributed by atoms with Gasteiger partial charge in [-0.3, -0.25) is 4.79 Å². The second kappa shape index (κ2) is 5.46. The van der Waals surface area contributed by atoms with E-state index in [-0.39, 0.29) is 11.7 Å². The molecule has 4 heteroatoms. The van der Waals surface area contributed by atoms with Crippen LogP contribution in [-0.2, 0) is 11.2 Å². The normalized spacial score (nSPS) is 10.1. The van der Waals surface area contributed by atoms with Crippen LogP contribution in [-0.4, -0.2) is 12.5 Å². The molecule has 1 aromatic carbocycles. The Labute approximate surface area is 88.5 Å². The highest BCUT2D eigenvalue weighted by molar-refractivity contribution is 5.89. The Bertz CT molecular complexity index is 352. The van der Waals surface area contributed by atoms with E-state index >= 15 is 0 Å². The molecule has 3 N–H and O–H groups in total. The van der Waals surface area contributed by atoms with Crippen molar-refractivity contribution in [3.05, 3.63) is 29.6 Å². The molecule has 0 saturated carbocycles. The number of amides is 1. The lowest BCUT2D eigenvalue weighted by atomic mass is 10.1. The maximum Gasteiger partial charge on any atom is 0.221 e. The van der Waals surface area contributed by atoms with Gasteiger partial charge in [-0.25, -0.2) is 4.39 Å². The zero-order valence-electron chi connectivity index (χ0n) is 8.72. The van der Waals surface area contributed by atoms with Gasteiger partial charge in [0.25, 0.3) is 0 Å². The molecule has 15 heavy (non-hydrogen) atoms. The van der Waals surface area contributed by atoms with E-state index in [1.165, 1.54) is 19.1 Å². The Balaban J connectivity index is 2.87. The number of anilines is 1. The molecule has 0 fully saturated rings. The number of hydrogen-bond donors (Lipinski definition) is 2. The summed E-state index contributed by atoms with van der Waals surface area (Å²) in [7, 11) is 0. The minimum absolute atomic E-state index is 0.157. The van der Waals surface area contributed by atoms with Gasteiger partial charge in [0.1, 0.15) is 5.82 Å². The van der Waals surface area contributed by atoms with Crippen LogP contribution in [0.3, 0.4) is 0 Å². The molecule has 0 bridgehead atoms. The molecule has 0 aromatic heterocycles. The number of benzene rings is 1. The van der Waals surface area contributed by atoms with Crippen LogP contribution >= 0.6 is 0 Å². The highest BCUT2D eigenvalue weighted by Gasteiger charge is 2.05. The third kappa shape index (κ3) is 3.67. The van der Waals surface area contributed by atoms with Crippen molar-refractivity contribution in [2.45, 2.75) is 19.8 Å². The van der Waals surface area contributed by atoms with Crippen LogP contribution in [0.15, 0.2) is 18.2 Å². The van der Waals surface area contributed by atoms with Crippen molar-refractivity contribution in [1.82, 2.24) is 0 Å². The van der Waals surface area contributed by atoms with Gasteiger partial charge >= 0.3 is 0 Å². The number of aryl methyl sites for hydroxylation is 1. The molecule has 0 aliphatic carbocycles. The summed E-state index contributed by atoms with van der Waals surface area (Å²) < 4.78 is 13.0. The number of nitrogens with one attached hydrogen (secondary N) is 1. The lowest BCUT2D eigenvalue weighted by Gasteiger charge is -2.09. The van der Waals surface area contributed by atoms with Crippen LogP contribution in [0, 0.1) is 5.82 Å². The standard InChI is InChI=1S/C11H15FN2O/c1-8(15)14-11-5-4-10(12)7-9(11)3-2-6-13/h4-5,7H,2-3,6,13H2,1H3,(H,14,15). The predicted molar refractivity (Wildman–Crippen MR) is 58.1 cm³/mol. The molecule has 0 aliphatic heterocycles. The fraction of sp³-hybridized carbons (Fsp3) is 0.364. The topological polar surface area (TPSA) is 55.1 Å². The van der Waals surface area contributed by atoms with Gasteiger partial charge in [0.2, 0.25) is 5.91 Å². The maximum atomic E-state index is 13.0. The van der Waals surface area contributed by atoms with E-state index in [1.54, 1.807) is 6.07 Å². The summed E-state index contributed by atoms with van der Waals surface area (Å²) >= 11 is 0. The third-order valence-electron chi connectivity index (χ3n) is 2.03. The fourth-order valence-electron chi connectivity index (χ4n) is 1.37. The van der Waals surface area contributed by atoms with E-state index in [2.05, 4.69) is 5.32 Å². The molecule has 0 saturated heterocycles. The Hall–Kier alpha value is -1.42. The first-order chi connectivity index (χ1) is 7.13. The lowest BCUT2D eigenvalue weighted by molar-refractivity contribution is -0.114. The molecule has 0 heterocycles. The molecule has 1 rings (SSSR count). The Morgan fingerprint density at radius 2 is 2.27 bits per heavy atom. The molecule has 82 valence electrons. The largest absolute Gasteiger partial charge is 0.330 e. The van der Waals surface area contributed by atoms with Gasteiger partial charge in [0, 0.05) is 12.6 Å². The maximum absolute atomic E-state index is 13.0. The lowest BCUT2D eigenvalue weighted by Crippen LogP contribution is -2.09. The zero-order valence-corrected chi connectivity index (χ0v) is 8.72. The highest BCUT2D eigenvalue weighted by atomic mass is 19.1. The van der Waals surface area contributed by atoms with Crippen LogP contribution in [0.1, 0.15) is 18.9 Å². The molecule has 0 atom stereocenters. The van der Waals surface area contributed by atoms with Crippen molar-refractivity contribution in [3.63, 3.8) is 0 Å². The third-order valence-corrected chi connectivity index (χ3v) is 2.03. The smallest absolute Gasteiger partial charge is 0.221 e. The molecule has 0 spiro atoms. The Kier molecular flexibility index (Phi) is 4.24. The van der Waals surface area contributed by atoms with E-state index in [1.807, 2.05) is 0 Å². The number of rotatable bonds is 4. The first-order valence-electron chi connectivity index (χ1n) is 4.89. The van der Waals surface area contributed by atoms with Gasteiger partial charge in [-0.1, -0.05) is 0 Å². The van der Waals surface area contributed by atoms with Gasteiger partial charge in [0.15, 0.2) is 0 Å². The molecule has 3 nitrogen and oxygen atoms in total. The highest BCUT2D eigenvalue weighted by Crippen LogP contribution is 2.18. The van der Waals surface area contributed by atoms with Crippen molar-refractivity contribution >= 4 is 11.6 Å². The average Bonchev–Trinajstić information content (AvgIpc) is 2.18. The van der Waals surface area contributed by atoms with Gasteiger partial charge < -0.3 is 11.1 Å². The summed E-state index contributed by atoms with van der Waals surface area (Å²) in [6.07, 6.45) is 1.44. The second-order valence-corrected chi connectivity index (χ2v) is 3.37. The number of carbonyl (C=O) groups excluding carboxylic acids is 1. The van der Waals surface area contributed by atoms with Crippen LogP contribution in [0.2, 0.25) is 0 Å². The monoisotopic (exact) mass is 210 g/mol. The zero-order chi connectivity index (χ0) is 11.3. The minimum Gasteiger partial charge on any atom is -0.330 e. The van der Waals surface area contributed by atoms with Crippen LogP contribution < -0.4 is 11.1 Å². The van der Waals surface area contributed by atoms with Gasteiger partial charge in [0.05, 0.1) is 0 Å². The van der Waals surface area contributed by atoms with E-state index in [4.69, 9.17) is 5.73 Å². The van der Waals surface area contributed by atoms with E-state index < -0.39 is 0 Å². The molecule has 0 aliphatic rings. The quantitative estimate of drug-likeness (QED) is 0.794. The van der Waals surface area contributed by atoms with Crippen molar-refractivity contribution in [3.8, 4) is 0 Å². The molecule has 1 amide bonds. The number of carbonyl (C=O) groups is 1. The summed E-state index contributed by atoms with van der Waals surface area (Å²) in [4.78, 5) is 10.9. The number of hydrogen-bond acceptors (Lipinski definition) is 2. The molecule has 1 aromatic rings. The van der Waals surface area contributed by atoms with Crippen molar-refractivity contribution in [2.24, 2.45) is 5.73 Å². The SMILES string of the molecule is CC(=O)Nc1ccc(F)cc1CCCN. The summed E-state index contributed by atoms with van der Waals surface area (Å²) in [5.74, 6) is -0.452. The van der Waals surface area contributed by atoms with E-state index in [0.29, 0.717) is 18.7 Å². The van der Waals surface area contributed by atoms with Crippen LogP contribution in [0.4, 0.5) is 10.1 Å². The molecule has 0 radical (unpaired) electrons. The molecular formula is C11H15FN2O. The minimum atomic E-state index is -0.295. The Morgan fingerprint density at radius 1 is 1.53 bits per heavy atom. The average molecular weight is 210 g/mol. The number of halogens is 1. The summed E-state index contributed by atoms with van der Waals surface area (Å²) in [6, 6.07) is 4.33. The second-order valence-electron chi connectivity index (χ2n) is 3.37. The first kappa shape index (κ1) is 11.7. The summed E-state index contributed by atoms with van der Waals surface area (Å²) in [5, 5.41) is 2.66. The van der Waals surface area contributed by atoms with E-state index in [9.17, 15) is 9.18 Å². The van der Waals surface area contributed by atoms with E-state index in [0.717, 1.165) is 12.0 Å². The van der Waals surface area contributed by atoms with Crippen molar-refractivity contribution in [1.29, 1.82) is 0 Å². The molecular weight excluding hydrogens is 195 g/mol. The van der Waals surface area contributed by atoms with Crippen LogP contribution in [0.25, 0.3) is 0 Å². The fourth-order valence-corrected chi connectivity index (χ4v) is 1.37. The molecule has 0 unspecified atom stereocenters. The summed E-state index contributed by atoms with van der Waals surface area (Å²) in [6.45, 7) is 1.98. The summed E-state index contributed by atoms with van der Waals surface area (Å²) in [5.41, 5.74) is 6.84. The Morgan fingerprint density at radius 3 is 2.87 bits per heavy atom. The first-order valence-corrected chi connectivity index (χ1v) is 4.89. The van der Waals surface area contributed by atoms with Gasteiger partial charge in [-0.05, 0) is 43.1 Å². The van der Waals surface area contributed by atoms with Crippen LogP contribution in [0.5, 0.6) is 0 Å². The number of nitrogens with two attached hydrogens (primary N) is 1. The predicted octanol–water partition coefficient (Wildman–Crippen LogP) is 1.68. The van der Waals surface area contributed by atoms with Crippen molar-refractivity contribution in [2.75, 3.05) is 11.9 Å². The van der Waals surface area contributed by atoms with Crippen molar-refractivity contribution < 1.29 is 9.18 Å². The van der Waals surface area contributed by atoms with Gasteiger partial charge in [-0.2, -0.15) is 0 Å². The van der Waals surface area contributed by atoms with Gasteiger partial charge in [-0.15, -0.1) is 0 Å².